The topological polar surface area (TPSA) is 66.4 Å². The Morgan fingerprint density at radius 1 is 1.78 bits per heavy atom. The summed E-state index contributed by atoms with van der Waals surface area (Å²) in [7, 11) is 1.14. The van der Waals surface area contributed by atoms with Crippen LogP contribution < -0.4 is 0 Å². The van der Waals surface area contributed by atoms with E-state index in [0.717, 1.165) is 7.11 Å². The average molecular weight is 151 g/mol. The largest absolute Gasteiger partial charge is 0.772 e. The number of esters is 1. The van der Waals surface area contributed by atoms with Gasteiger partial charge in [0.1, 0.15) is 5.25 Å². The maximum atomic E-state index is 10.3. The molecule has 0 aromatic carbocycles. The van der Waals surface area contributed by atoms with Crippen LogP contribution in [0.2, 0.25) is 0 Å². The van der Waals surface area contributed by atoms with Gasteiger partial charge in [-0.05, 0) is 18.0 Å². The fourth-order valence-corrected chi connectivity index (χ4v) is 0.498. The Balaban J connectivity index is 3.88. The van der Waals surface area contributed by atoms with Crippen LogP contribution in [0.25, 0.3) is 0 Å². The second-order valence-electron chi connectivity index (χ2n) is 1.43. The van der Waals surface area contributed by atoms with E-state index in [-0.39, 0.29) is 0 Å². The molecule has 0 aliphatic carbocycles. The van der Waals surface area contributed by atoms with Gasteiger partial charge < -0.3 is 9.29 Å². The lowest BCUT2D eigenvalue weighted by Gasteiger charge is -2.10. The van der Waals surface area contributed by atoms with Crippen LogP contribution in [0.3, 0.4) is 0 Å². The summed E-state index contributed by atoms with van der Waals surface area (Å²) >= 11 is -2.36. The van der Waals surface area contributed by atoms with Crippen molar-refractivity contribution >= 4 is 17.0 Å². The van der Waals surface area contributed by atoms with Gasteiger partial charge in [0.25, 0.3) is 0 Å². The summed E-state index contributed by atoms with van der Waals surface area (Å²) in [5.74, 6) is -0.733. The Kier molecular flexibility index (Phi) is 3.41. The first kappa shape index (κ1) is 8.58. The zero-order valence-electron chi connectivity index (χ0n) is 5.12. The molecule has 2 atom stereocenters. The third-order valence-electron chi connectivity index (χ3n) is 0.822. The van der Waals surface area contributed by atoms with Crippen molar-refractivity contribution in [3.8, 4) is 0 Å². The molecule has 0 aliphatic rings. The first-order chi connectivity index (χ1) is 4.09. The van der Waals surface area contributed by atoms with Crippen molar-refractivity contribution < 1.29 is 18.3 Å². The van der Waals surface area contributed by atoms with Gasteiger partial charge in [-0.25, -0.2) is 0 Å². The van der Waals surface area contributed by atoms with Gasteiger partial charge in [0.2, 0.25) is 0 Å². The third-order valence-corrected chi connectivity index (χ3v) is 1.59. The fourth-order valence-electron chi connectivity index (χ4n) is 0.245. The number of methoxy groups -OCH3 is 1. The van der Waals surface area contributed by atoms with E-state index in [4.69, 9.17) is 0 Å². The lowest BCUT2D eigenvalue weighted by atomic mass is 10.5. The molecule has 0 aromatic heterocycles. The highest BCUT2D eigenvalue weighted by Crippen LogP contribution is 1.93. The van der Waals surface area contributed by atoms with E-state index in [0.29, 0.717) is 0 Å². The molecule has 0 spiro atoms. The zero-order chi connectivity index (χ0) is 7.44. The van der Waals surface area contributed by atoms with Gasteiger partial charge in [-0.1, -0.05) is 0 Å². The molecule has 0 N–H and O–H groups in total. The maximum Gasteiger partial charge on any atom is 0.319 e. The first-order valence-corrected chi connectivity index (χ1v) is 3.39. The minimum absolute atomic E-state index is 0.733. The highest BCUT2D eigenvalue weighted by molar-refractivity contribution is 7.80. The lowest BCUT2D eigenvalue weighted by Crippen LogP contribution is -2.23. The van der Waals surface area contributed by atoms with Gasteiger partial charge in [-0.2, -0.15) is 0 Å². The highest BCUT2D eigenvalue weighted by atomic mass is 32.2. The van der Waals surface area contributed by atoms with Crippen molar-refractivity contribution in [2.75, 3.05) is 7.11 Å². The van der Waals surface area contributed by atoms with E-state index in [9.17, 15) is 13.6 Å². The van der Waals surface area contributed by atoms with Crippen LogP contribution in [0.15, 0.2) is 0 Å². The molecule has 0 amide bonds. The first-order valence-electron chi connectivity index (χ1n) is 2.25. The molecule has 54 valence electrons. The Morgan fingerprint density at radius 3 is 2.33 bits per heavy atom. The van der Waals surface area contributed by atoms with Crippen LogP contribution in [-0.2, 0) is 20.6 Å². The second kappa shape index (κ2) is 3.58. The predicted molar refractivity (Wildman–Crippen MR) is 30.4 cm³/mol. The molecule has 9 heavy (non-hydrogen) atoms. The van der Waals surface area contributed by atoms with E-state index >= 15 is 0 Å². The lowest BCUT2D eigenvalue weighted by molar-refractivity contribution is -0.139. The molecule has 0 fully saturated rings. The standard InChI is InChI=1S/C4H8O4S/c1-3(9(6)7)4(5)8-2/h3H,1-2H3,(H,6,7)/p-1. The van der Waals surface area contributed by atoms with E-state index < -0.39 is 22.3 Å². The quantitative estimate of drug-likeness (QED) is 0.391. The van der Waals surface area contributed by atoms with Crippen LogP contribution in [-0.4, -0.2) is 27.1 Å². The molecular formula is C4H7O4S-. The van der Waals surface area contributed by atoms with Gasteiger partial charge in [0.15, 0.2) is 0 Å². The van der Waals surface area contributed by atoms with Crippen molar-refractivity contribution in [2.24, 2.45) is 0 Å². The molecule has 0 rings (SSSR count). The molecule has 5 heteroatoms. The van der Waals surface area contributed by atoms with Gasteiger partial charge >= 0.3 is 5.97 Å². The van der Waals surface area contributed by atoms with Gasteiger partial charge in [-0.15, -0.1) is 0 Å². The molecule has 0 saturated heterocycles. The molecule has 0 saturated carbocycles. The summed E-state index contributed by atoms with van der Waals surface area (Å²) in [6.45, 7) is 1.26. The van der Waals surface area contributed by atoms with Crippen molar-refractivity contribution in [3.63, 3.8) is 0 Å². The van der Waals surface area contributed by atoms with E-state index in [1.807, 2.05) is 0 Å². The van der Waals surface area contributed by atoms with Crippen LogP contribution in [0.1, 0.15) is 6.92 Å². The van der Waals surface area contributed by atoms with Crippen LogP contribution >= 0.6 is 0 Å². The molecule has 0 aromatic rings. The Labute approximate surface area is 55.5 Å². The Morgan fingerprint density at radius 2 is 2.22 bits per heavy atom. The summed E-state index contributed by atoms with van der Waals surface area (Å²) in [5.41, 5.74) is 0. The molecule has 0 bridgehead atoms. The molecule has 2 unspecified atom stereocenters. The average Bonchev–Trinajstić information content (AvgIpc) is 1.84. The summed E-state index contributed by atoms with van der Waals surface area (Å²) < 4.78 is 24.1. The minimum Gasteiger partial charge on any atom is -0.772 e. The Bertz CT molecular complexity index is 133. The smallest absolute Gasteiger partial charge is 0.319 e. The van der Waals surface area contributed by atoms with Crippen LogP contribution in [0.5, 0.6) is 0 Å². The number of rotatable bonds is 2. The highest BCUT2D eigenvalue weighted by Gasteiger charge is 2.12. The summed E-state index contributed by atoms with van der Waals surface area (Å²) in [6.07, 6.45) is 0. The number of carbonyl (C=O) groups excluding carboxylic acids is 1. The van der Waals surface area contributed by atoms with Gasteiger partial charge in [-0.3, -0.25) is 9.00 Å². The predicted octanol–water partition coefficient (Wildman–Crippen LogP) is -0.573. The molecule has 0 heterocycles. The van der Waals surface area contributed by atoms with Crippen molar-refractivity contribution in [3.05, 3.63) is 0 Å². The summed E-state index contributed by atoms with van der Waals surface area (Å²) in [5, 5.41) is -1.06. The monoisotopic (exact) mass is 151 g/mol. The normalized spacial score (nSPS) is 16.3. The summed E-state index contributed by atoms with van der Waals surface area (Å²) in [6, 6.07) is 0. The molecule has 0 aliphatic heterocycles. The van der Waals surface area contributed by atoms with E-state index in [1.165, 1.54) is 6.92 Å². The molecule has 4 nitrogen and oxygen atoms in total. The van der Waals surface area contributed by atoms with Crippen molar-refractivity contribution in [1.82, 2.24) is 0 Å². The van der Waals surface area contributed by atoms with E-state index in [1.54, 1.807) is 0 Å². The minimum atomic E-state index is -2.36. The molecule has 0 radical (unpaired) electrons. The van der Waals surface area contributed by atoms with Crippen LogP contribution in [0.4, 0.5) is 0 Å². The molecular weight excluding hydrogens is 144 g/mol. The number of carbonyl (C=O) groups is 1. The Hall–Kier alpha value is -0.420. The van der Waals surface area contributed by atoms with Gasteiger partial charge in [0, 0.05) is 0 Å². The third kappa shape index (κ3) is 2.57. The van der Waals surface area contributed by atoms with E-state index in [2.05, 4.69) is 4.74 Å². The second-order valence-corrected chi connectivity index (χ2v) is 2.65. The summed E-state index contributed by atoms with van der Waals surface area (Å²) in [4.78, 5) is 10.3. The number of hydrogen-bond acceptors (Lipinski definition) is 4. The van der Waals surface area contributed by atoms with Crippen molar-refractivity contribution in [2.45, 2.75) is 12.2 Å². The van der Waals surface area contributed by atoms with Crippen molar-refractivity contribution in [1.29, 1.82) is 0 Å². The maximum absolute atomic E-state index is 10.3. The number of ether oxygens (including phenoxy) is 1. The number of hydrogen-bond donors (Lipinski definition) is 0. The van der Waals surface area contributed by atoms with Crippen LogP contribution in [0, 0.1) is 0 Å². The van der Waals surface area contributed by atoms with Gasteiger partial charge in [0.05, 0.1) is 7.11 Å². The SMILES string of the molecule is COC(=O)C(C)S(=O)[O-]. The zero-order valence-corrected chi connectivity index (χ0v) is 5.94. The fraction of sp³-hybridized carbons (Fsp3) is 0.750.